The fourth-order valence-electron chi connectivity index (χ4n) is 2.67. The molecule has 0 saturated carbocycles. The number of benzene rings is 2. The molecule has 0 atom stereocenters. The number of hydrogen-bond acceptors (Lipinski definition) is 2. The number of nitrogens with zero attached hydrogens (tertiary/aromatic N) is 3. The van der Waals surface area contributed by atoms with E-state index >= 15 is 0 Å². The first-order valence-electron chi connectivity index (χ1n) is 8.25. The largest absolute Gasteiger partial charge is 0.370 e. The van der Waals surface area contributed by atoms with Crippen molar-refractivity contribution in [1.29, 1.82) is 0 Å². The predicted molar refractivity (Wildman–Crippen MR) is 119 cm³/mol. The van der Waals surface area contributed by atoms with Gasteiger partial charge >= 0.3 is 0 Å². The van der Waals surface area contributed by atoms with E-state index in [2.05, 4.69) is 41.4 Å². The lowest BCUT2D eigenvalue weighted by molar-refractivity contribution is 0.769. The molecule has 0 spiro atoms. The number of aliphatic imine (C=N–C) groups is 1. The Bertz CT molecular complexity index is 900. The SMILES string of the molecule is Cc1ccc(NC(N)=NCc2cn(C)nc2-c2ccccc2)cc1C.I. The number of guanidine groups is 1. The molecular formula is C20H24IN5. The Morgan fingerprint density at radius 2 is 1.85 bits per heavy atom. The van der Waals surface area contributed by atoms with E-state index in [4.69, 9.17) is 5.73 Å². The topological polar surface area (TPSA) is 68.2 Å². The first kappa shape index (κ1) is 20.0. The highest BCUT2D eigenvalue weighted by molar-refractivity contribution is 14.0. The van der Waals surface area contributed by atoms with Crippen LogP contribution in [0, 0.1) is 13.8 Å². The number of hydrogen-bond donors (Lipinski definition) is 2. The van der Waals surface area contributed by atoms with Crippen molar-refractivity contribution in [3.8, 4) is 11.3 Å². The minimum atomic E-state index is 0. The summed E-state index contributed by atoms with van der Waals surface area (Å²) in [5, 5.41) is 7.70. The lowest BCUT2D eigenvalue weighted by Gasteiger charge is -2.08. The van der Waals surface area contributed by atoms with E-state index in [0.717, 1.165) is 22.5 Å². The van der Waals surface area contributed by atoms with Crippen LogP contribution in [-0.4, -0.2) is 15.7 Å². The fourth-order valence-corrected chi connectivity index (χ4v) is 2.67. The molecule has 2 aromatic carbocycles. The highest BCUT2D eigenvalue weighted by Crippen LogP contribution is 2.22. The van der Waals surface area contributed by atoms with E-state index < -0.39 is 0 Å². The summed E-state index contributed by atoms with van der Waals surface area (Å²) >= 11 is 0. The number of aromatic nitrogens is 2. The van der Waals surface area contributed by atoms with E-state index in [-0.39, 0.29) is 24.0 Å². The zero-order chi connectivity index (χ0) is 17.8. The molecule has 3 aromatic rings. The first-order chi connectivity index (χ1) is 12.0. The summed E-state index contributed by atoms with van der Waals surface area (Å²) in [6, 6.07) is 16.2. The third kappa shape index (κ3) is 4.85. The van der Waals surface area contributed by atoms with Gasteiger partial charge in [-0.3, -0.25) is 4.68 Å². The summed E-state index contributed by atoms with van der Waals surface area (Å²) < 4.78 is 1.81. The van der Waals surface area contributed by atoms with Crippen molar-refractivity contribution >= 4 is 35.6 Å². The maximum absolute atomic E-state index is 6.05. The van der Waals surface area contributed by atoms with Gasteiger partial charge in [-0.15, -0.1) is 24.0 Å². The second-order valence-electron chi connectivity index (χ2n) is 6.17. The van der Waals surface area contributed by atoms with Crippen LogP contribution < -0.4 is 11.1 Å². The first-order valence-corrected chi connectivity index (χ1v) is 8.25. The number of anilines is 1. The molecule has 3 rings (SSSR count). The molecule has 0 amide bonds. The van der Waals surface area contributed by atoms with Crippen LogP contribution in [0.15, 0.2) is 59.7 Å². The van der Waals surface area contributed by atoms with Gasteiger partial charge < -0.3 is 11.1 Å². The summed E-state index contributed by atoms with van der Waals surface area (Å²) in [7, 11) is 1.91. The Morgan fingerprint density at radius 3 is 2.54 bits per heavy atom. The van der Waals surface area contributed by atoms with E-state index in [1.165, 1.54) is 11.1 Å². The molecule has 0 fully saturated rings. The monoisotopic (exact) mass is 461 g/mol. The Labute approximate surface area is 171 Å². The van der Waals surface area contributed by atoms with Gasteiger partial charge in [0, 0.05) is 30.1 Å². The highest BCUT2D eigenvalue weighted by atomic mass is 127. The van der Waals surface area contributed by atoms with Gasteiger partial charge in [0.15, 0.2) is 5.96 Å². The molecule has 0 aliphatic rings. The molecule has 0 radical (unpaired) electrons. The van der Waals surface area contributed by atoms with Crippen LogP contribution in [0.25, 0.3) is 11.3 Å². The van der Waals surface area contributed by atoms with Crippen LogP contribution in [0.1, 0.15) is 16.7 Å². The maximum Gasteiger partial charge on any atom is 0.193 e. The number of nitrogens with one attached hydrogen (secondary N) is 1. The summed E-state index contributed by atoms with van der Waals surface area (Å²) in [5.74, 6) is 0.395. The lowest BCUT2D eigenvalue weighted by atomic mass is 10.1. The van der Waals surface area contributed by atoms with Gasteiger partial charge in [-0.05, 0) is 37.1 Å². The molecule has 6 heteroatoms. The van der Waals surface area contributed by atoms with Gasteiger partial charge in [0.25, 0.3) is 0 Å². The smallest absolute Gasteiger partial charge is 0.193 e. The Balaban J connectivity index is 0.00000243. The molecule has 0 bridgehead atoms. The molecule has 5 nitrogen and oxygen atoms in total. The van der Waals surface area contributed by atoms with E-state index in [9.17, 15) is 0 Å². The molecule has 0 saturated heterocycles. The Hall–Kier alpha value is -2.35. The van der Waals surface area contributed by atoms with Gasteiger partial charge in [-0.25, -0.2) is 4.99 Å². The summed E-state index contributed by atoms with van der Waals surface area (Å²) in [5.41, 5.74) is 12.5. The van der Waals surface area contributed by atoms with Crippen LogP contribution >= 0.6 is 24.0 Å². The number of rotatable bonds is 4. The molecule has 1 aromatic heterocycles. The lowest BCUT2D eigenvalue weighted by Crippen LogP contribution is -2.22. The van der Waals surface area contributed by atoms with Crippen molar-refractivity contribution in [1.82, 2.24) is 9.78 Å². The van der Waals surface area contributed by atoms with E-state index in [1.807, 2.05) is 49.6 Å². The van der Waals surface area contributed by atoms with Gasteiger partial charge in [0.2, 0.25) is 0 Å². The molecule has 0 aliphatic heterocycles. The molecule has 26 heavy (non-hydrogen) atoms. The Morgan fingerprint density at radius 1 is 1.12 bits per heavy atom. The highest BCUT2D eigenvalue weighted by Gasteiger charge is 2.09. The van der Waals surface area contributed by atoms with Crippen molar-refractivity contribution < 1.29 is 0 Å². The van der Waals surface area contributed by atoms with Crippen LogP contribution in [0.2, 0.25) is 0 Å². The summed E-state index contributed by atoms with van der Waals surface area (Å²) in [4.78, 5) is 4.47. The van der Waals surface area contributed by atoms with Crippen molar-refractivity contribution in [3.63, 3.8) is 0 Å². The Kier molecular flexibility index (Phi) is 6.79. The van der Waals surface area contributed by atoms with Crippen LogP contribution in [0.3, 0.4) is 0 Å². The average molecular weight is 461 g/mol. The van der Waals surface area contributed by atoms with Crippen LogP contribution in [0.4, 0.5) is 5.69 Å². The van der Waals surface area contributed by atoms with Gasteiger partial charge in [0.05, 0.1) is 12.2 Å². The van der Waals surface area contributed by atoms with Gasteiger partial charge in [-0.1, -0.05) is 36.4 Å². The quantitative estimate of drug-likeness (QED) is 0.347. The molecule has 136 valence electrons. The second kappa shape index (κ2) is 8.84. The summed E-state index contributed by atoms with van der Waals surface area (Å²) in [6.07, 6.45) is 1.98. The van der Waals surface area contributed by atoms with Crippen molar-refractivity contribution in [2.45, 2.75) is 20.4 Å². The number of aryl methyl sites for hydroxylation is 3. The molecule has 0 aliphatic carbocycles. The van der Waals surface area contributed by atoms with Gasteiger partial charge in [-0.2, -0.15) is 5.10 Å². The molecule has 0 unspecified atom stereocenters. The van der Waals surface area contributed by atoms with E-state index in [0.29, 0.717) is 12.5 Å². The third-order valence-corrected chi connectivity index (χ3v) is 4.15. The zero-order valence-corrected chi connectivity index (χ0v) is 17.6. The zero-order valence-electron chi connectivity index (χ0n) is 15.2. The van der Waals surface area contributed by atoms with E-state index in [1.54, 1.807) is 4.68 Å². The van der Waals surface area contributed by atoms with Crippen molar-refractivity contribution in [3.05, 3.63) is 71.4 Å². The third-order valence-electron chi connectivity index (χ3n) is 4.15. The molecule has 3 N–H and O–H groups in total. The van der Waals surface area contributed by atoms with Gasteiger partial charge in [0.1, 0.15) is 0 Å². The summed E-state index contributed by atoms with van der Waals surface area (Å²) in [6.45, 7) is 4.64. The van der Waals surface area contributed by atoms with Crippen LogP contribution in [-0.2, 0) is 13.6 Å². The number of halogens is 1. The minimum Gasteiger partial charge on any atom is -0.370 e. The predicted octanol–water partition coefficient (Wildman–Crippen LogP) is 4.25. The fraction of sp³-hybridized carbons (Fsp3) is 0.200. The van der Waals surface area contributed by atoms with Crippen LogP contribution in [0.5, 0.6) is 0 Å². The standard InChI is InChI=1S/C20H23N5.HI/c1-14-9-10-18(11-15(14)2)23-20(21)22-12-17-13-25(3)24-19(17)16-7-5-4-6-8-16;/h4-11,13H,12H2,1-3H3,(H3,21,22,23);1H. The second-order valence-corrected chi connectivity index (χ2v) is 6.17. The molecule has 1 heterocycles. The maximum atomic E-state index is 6.05. The van der Waals surface area contributed by atoms with Crippen molar-refractivity contribution in [2.75, 3.05) is 5.32 Å². The van der Waals surface area contributed by atoms with Crippen molar-refractivity contribution in [2.24, 2.45) is 17.8 Å². The molecular weight excluding hydrogens is 437 g/mol. The minimum absolute atomic E-state index is 0. The normalized spacial score (nSPS) is 11.1. The average Bonchev–Trinajstić information content (AvgIpc) is 2.98. The number of nitrogens with two attached hydrogens (primary N) is 1.